The van der Waals surface area contributed by atoms with Crippen molar-refractivity contribution in [3.8, 4) is 6.07 Å². The lowest BCUT2D eigenvalue weighted by Gasteiger charge is -2.21. The van der Waals surface area contributed by atoms with Crippen LogP contribution in [0, 0.1) is 17.1 Å². The molecule has 3 aromatic rings. The quantitative estimate of drug-likeness (QED) is 0.579. The van der Waals surface area contributed by atoms with E-state index in [1.807, 2.05) is 6.07 Å². The van der Waals surface area contributed by atoms with Crippen molar-refractivity contribution >= 4 is 28.3 Å². The Kier molecular flexibility index (Phi) is 6.17. The van der Waals surface area contributed by atoms with Crippen molar-refractivity contribution in [3.63, 3.8) is 0 Å². The number of fused-ring (bicyclic) bond motifs is 1. The molecule has 0 saturated carbocycles. The summed E-state index contributed by atoms with van der Waals surface area (Å²) in [5.74, 6) is -1.92. The zero-order valence-electron chi connectivity index (χ0n) is 16.0. The van der Waals surface area contributed by atoms with Crippen LogP contribution in [-0.4, -0.2) is 34.8 Å². The Morgan fingerprint density at radius 1 is 1.17 bits per heavy atom. The van der Waals surface area contributed by atoms with Gasteiger partial charge in [0.2, 0.25) is 0 Å². The molecular weight excluding hydrogens is 391 g/mol. The molecule has 9 heteroatoms. The van der Waals surface area contributed by atoms with Gasteiger partial charge in [-0.05, 0) is 30.3 Å². The molecule has 0 atom stereocenters. The average molecular weight is 408 g/mol. The number of aryl methyl sites for hydroxylation is 1. The summed E-state index contributed by atoms with van der Waals surface area (Å²) in [7, 11) is 1.41. The number of halogens is 1. The second-order valence-corrected chi connectivity index (χ2v) is 6.33. The van der Waals surface area contributed by atoms with Gasteiger partial charge < -0.3 is 9.64 Å². The fourth-order valence-electron chi connectivity index (χ4n) is 2.90. The van der Waals surface area contributed by atoms with Crippen molar-refractivity contribution in [1.82, 2.24) is 9.78 Å². The van der Waals surface area contributed by atoms with E-state index in [1.54, 1.807) is 24.3 Å². The molecule has 1 heterocycles. The largest absolute Gasteiger partial charge is 0.451 e. The number of esters is 1. The van der Waals surface area contributed by atoms with Crippen molar-refractivity contribution < 1.29 is 18.7 Å². The highest BCUT2D eigenvalue weighted by Crippen LogP contribution is 2.17. The molecule has 0 aliphatic heterocycles. The number of nitriles is 1. The number of ether oxygens (including phenoxy) is 1. The summed E-state index contributed by atoms with van der Waals surface area (Å²) >= 11 is 0. The number of anilines is 1. The Balaban J connectivity index is 1.80. The van der Waals surface area contributed by atoms with Gasteiger partial charge in [0, 0.05) is 24.7 Å². The van der Waals surface area contributed by atoms with E-state index < -0.39 is 24.3 Å². The highest BCUT2D eigenvalue weighted by atomic mass is 19.1. The number of hydrogen-bond donors (Lipinski definition) is 0. The first-order valence-corrected chi connectivity index (χ1v) is 8.98. The van der Waals surface area contributed by atoms with Gasteiger partial charge in [-0.3, -0.25) is 9.59 Å². The first-order chi connectivity index (χ1) is 14.4. The van der Waals surface area contributed by atoms with Gasteiger partial charge in [0.05, 0.1) is 17.9 Å². The number of carbonyl (C=O) groups is 2. The molecule has 8 nitrogen and oxygen atoms in total. The van der Waals surface area contributed by atoms with Gasteiger partial charge in [0.25, 0.3) is 11.5 Å². The molecule has 0 unspecified atom stereocenters. The minimum Gasteiger partial charge on any atom is -0.451 e. The summed E-state index contributed by atoms with van der Waals surface area (Å²) in [6.45, 7) is -0.556. The van der Waals surface area contributed by atoms with Gasteiger partial charge >= 0.3 is 5.97 Å². The molecule has 2 aromatic carbocycles. The van der Waals surface area contributed by atoms with Crippen LogP contribution in [0.4, 0.5) is 10.1 Å². The van der Waals surface area contributed by atoms with Crippen LogP contribution in [-0.2, 0) is 16.6 Å². The van der Waals surface area contributed by atoms with E-state index in [-0.39, 0.29) is 24.2 Å². The fraction of sp³-hybridized carbons (Fsp3) is 0.190. The minimum atomic E-state index is -0.866. The van der Waals surface area contributed by atoms with Crippen LogP contribution in [0.15, 0.2) is 53.3 Å². The molecular formula is C21H17FN4O4. The van der Waals surface area contributed by atoms with Crippen molar-refractivity contribution in [2.24, 2.45) is 7.05 Å². The van der Waals surface area contributed by atoms with Gasteiger partial charge in [-0.25, -0.2) is 13.9 Å². The van der Waals surface area contributed by atoms with E-state index in [1.165, 1.54) is 36.2 Å². The lowest BCUT2D eigenvalue weighted by atomic mass is 10.1. The number of carbonyl (C=O) groups excluding carboxylic acids is 2. The Labute approximate surface area is 170 Å². The standard InChI is InChI=1S/C21H17FN4O4/c1-25-20(28)17-6-3-2-5-16(17)19(24-25)21(29)30-13-18(27)26(12-4-11-23)15-9-7-14(22)8-10-15/h2-3,5-10H,4,12-13H2,1H3. The van der Waals surface area contributed by atoms with E-state index in [9.17, 15) is 18.8 Å². The first kappa shape index (κ1) is 20.7. The normalized spacial score (nSPS) is 10.4. The van der Waals surface area contributed by atoms with Gasteiger partial charge in [-0.1, -0.05) is 18.2 Å². The molecule has 30 heavy (non-hydrogen) atoms. The van der Waals surface area contributed by atoms with Gasteiger partial charge in [-0.15, -0.1) is 0 Å². The van der Waals surface area contributed by atoms with Gasteiger partial charge in [0.15, 0.2) is 12.3 Å². The van der Waals surface area contributed by atoms with Crippen LogP contribution in [0.1, 0.15) is 16.9 Å². The molecule has 1 aromatic heterocycles. The molecule has 0 radical (unpaired) electrons. The van der Waals surface area contributed by atoms with Crippen LogP contribution in [0.2, 0.25) is 0 Å². The number of hydrogen-bond acceptors (Lipinski definition) is 6. The lowest BCUT2D eigenvalue weighted by molar-refractivity contribution is -0.121. The third kappa shape index (κ3) is 4.33. The molecule has 0 aliphatic rings. The molecule has 0 spiro atoms. The monoisotopic (exact) mass is 408 g/mol. The molecule has 0 aliphatic carbocycles. The maximum absolute atomic E-state index is 13.2. The van der Waals surface area contributed by atoms with E-state index in [0.29, 0.717) is 16.5 Å². The molecule has 0 fully saturated rings. The highest BCUT2D eigenvalue weighted by molar-refractivity contribution is 6.03. The zero-order valence-corrected chi connectivity index (χ0v) is 16.0. The van der Waals surface area contributed by atoms with E-state index in [4.69, 9.17) is 10.00 Å². The number of benzene rings is 2. The summed E-state index contributed by atoms with van der Waals surface area (Å²) in [6, 6.07) is 13.6. The minimum absolute atomic E-state index is 0.0457. The summed E-state index contributed by atoms with van der Waals surface area (Å²) in [6.07, 6.45) is 0.0457. The second kappa shape index (κ2) is 8.96. The average Bonchev–Trinajstić information content (AvgIpc) is 2.76. The van der Waals surface area contributed by atoms with Crippen molar-refractivity contribution in [3.05, 3.63) is 70.4 Å². The van der Waals surface area contributed by atoms with Crippen LogP contribution in [0.25, 0.3) is 10.8 Å². The Morgan fingerprint density at radius 2 is 1.83 bits per heavy atom. The van der Waals surface area contributed by atoms with Crippen LogP contribution in [0.5, 0.6) is 0 Å². The first-order valence-electron chi connectivity index (χ1n) is 8.98. The van der Waals surface area contributed by atoms with Crippen LogP contribution in [0.3, 0.4) is 0 Å². The smallest absolute Gasteiger partial charge is 0.359 e. The molecule has 1 amide bonds. The summed E-state index contributed by atoms with van der Waals surface area (Å²) in [4.78, 5) is 38.6. The highest BCUT2D eigenvalue weighted by Gasteiger charge is 2.21. The van der Waals surface area contributed by atoms with Crippen molar-refractivity contribution in [2.45, 2.75) is 6.42 Å². The predicted molar refractivity (Wildman–Crippen MR) is 106 cm³/mol. The number of nitrogens with zero attached hydrogens (tertiary/aromatic N) is 4. The number of aromatic nitrogens is 2. The van der Waals surface area contributed by atoms with Gasteiger partial charge in [-0.2, -0.15) is 10.4 Å². The topological polar surface area (TPSA) is 105 Å². The third-order valence-electron chi connectivity index (χ3n) is 4.36. The molecule has 0 N–H and O–H groups in total. The molecule has 0 bridgehead atoms. The van der Waals surface area contributed by atoms with Crippen LogP contribution < -0.4 is 10.5 Å². The van der Waals surface area contributed by atoms with E-state index in [0.717, 1.165) is 4.68 Å². The SMILES string of the molecule is Cn1nc(C(=O)OCC(=O)N(CCC#N)c2ccc(F)cc2)c2ccccc2c1=O. The summed E-state index contributed by atoms with van der Waals surface area (Å²) < 4.78 is 19.3. The Bertz CT molecular complexity index is 1200. The van der Waals surface area contributed by atoms with Crippen molar-refractivity contribution in [1.29, 1.82) is 5.26 Å². The Hall–Kier alpha value is -4.06. The number of amides is 1. The second-order valence-electron chi connectivity index (χ2n) is 6.33. The summed E-state index contributed by atoms with van der Waals surface area (Å²) in [5, 5.41) is 13.4. The van der Waals surface area contributed by atoms with Gasteiger partial charge in [0.1, 0.15) is 5.82 Å². The summed E-state index contributed by atoms with van der Waals surface area (Å²) in [5.41, 5.74) is -0.0820. The number of rotatable bonds is 6. The Morgan fingerprint density at radius 3 is 2.50 bits per heavy atom. The van der Waals surface area contributed by atoms with Crippen LogP contribution >= 0.6 is 0 Å². The maximum atomic E-state index is 13.2. The molecule has 0 saturated heterocycles. The zero-order chi connectivity index (χ0) is 21.7. The fourth-order valence-corrected chi connectivity index (χ4v) is 2.90. The predicted octanol–water partition coefficient (Wildman–Crippen LogP) is 2.18. The molecule has 152 valence electrons. The van der Waals surface area contributed by atoms with E-state index >= 15 is 0 Å². The molecule has 3 rings (SSSR count). The van der Waals surface area contributed by atoms with E-state index in [2.05, 4.69) is 5.10 Å². The van der Waals surface area contributed by atoms with Crippen molar-refractivity contribution in [2.75, 3.05) is 18.1 Å². The third-order valence-corrected chi connectivity index (χ3v) is 4.36. The lowest BCUT2D eigenvalue weighted by Crippen LogP contribution is -2.35. The maximum Gasteiger partial charge on any atom is 0.359 e.